The molecule has 0 aliphatic carbocycles. The van der Waals surface area contributed by atoms with E-state index in [-0.39, 0.29) is 20.8 Å². The molecule has 0 aliphatic rings. The summed E-state index contributed by atoms with van der Waals surface area (Å²) in [4.78, 5) is 31.9. The summed E-state index contributed by atoms with van der Waals surface area (Å²) in [6, 6.07) is 16.4. The van der Waals surface area contributed by atoms with Gasteiger partial charge in [-0.15, -0.1) is 11.3 Å². The van der Waals surface area contributed by atoms with Crippen molar-refractivity contribution < 1.29 is 0 Å². The van der Waals surface area contributed by atoms with Gasteiger partial charge in [-0.2, -0.15) is 15.3 Å². The molecule has 0 atom stereocenters. The van der Waals surface area contributed by atoms with Crippen LogP contribution in [0.2, 0.25) is 0 Å². The van der Waals surface area contributed by atoms with Gasteiger partial charge in [0.2, 0.25) is 0 Å². The summed E-state index contributed by atoms with van der Waals surface area (Å²) in [5, 5.41) is 14.5. The maximum atomic E-state index is 12.7. The molecule has 0 aliphatic heterocycles. The van der Waals surface area contributed by atoms with Crippen molar-refractivity contribution in [2.24, 2.45) is 5.10 Å². The van der Waals surface area contributed by atoms with Crippen LogP contribution in [0.3, 0.4) is 0 Å². The summed E-state index contributed by atoms with van der Waals surface area (Å²) in [6.45, 7) is 1.96. The van der Waals surface area contributed by atoms with Crippen molar-refractivity contribution in [3.63, 3.8) is 0 Å². The average molecular weight is 387 g/mol. The van der Waals surface area contributed by atoms with Crippen molar-refractivity contribution in [3.05, 3.63) is 79.8 Å². The van der Waals surface area contributed by atoms with Crippen LogP contribution in [0.5, 0.6) is 0 Å². The molecular formula is C20H13N5O2S. The van der Waals surface area contributed by atoms with Crippen molar-refractivity contribution in [2.45, 2.75) is 6.92 Å². The van der Waals surface area contributed by atoms with Crippen LogP contribution in [0.1, 0.15) is 10.6 Å². The number of aromatic nitrogens is 2. The van der Waals surface area contributed by atoms with E-state index in [1.54, 1.807) is 24.3 Å². The van der Waals surface area contributed by atoms with E-state index in [0.717, 1.165) is 16.9 Å². The van der Waals surface area contributed by atoms with E-state index in [0.29, 0.717) is 16.6 Å². The average Bonchev–Trinajstić information content (AvgIpc) is 2.70. The van der Waals surface area contributed by atoms with E-state index < -0.39 is 11.1 Å². The topological polar surface area (TPSA) is 111 Å². The van der Waals surface area contributed by atoms with Gasteiger partial charge in [0.25, 0.3) is 11.1 Å². The minimum absolute atomic E-state index is 0.0721. The van der Waals surface area contributed by atoms with Crippen LogP contribution in [-0.4, -0.2) is 15.7 Å². The van der Waals surface area contributed by atoms with E-state index in [9.17, 15) is 14.9 Å². The predicted molar refractivity (Wildman–Crippen MR) is 111 cm³/mol. The van der Waals surface area contributed by atoms with E-state index in [2.05, 4.69) is 20.5 Å². The summed E-state index contributed by atoms with van der Waals surface area (Å²) in [6.07, 6.45) is 0. The molecule has 0 unspecified atom stereocenters. The van der Waals surface area contributed by atoms with Gasteiger partial charge in [-0.1, -0.05) is 35.9 Å². The van der Waals surface area contributed by atoms with Gasteiger partial charge in [0.05, 0.1) is 11.1 Å². The van der Waals surface area contributed by atoms with E-state index >= 15 is 0 Å². The zero-order valence-corrected chi connectivity index (χ0v) is 15.5. The first-order valence-electron chi connectivity index (χ1n) is 8.33. The number of nitrogens with one attached hydrogen (secondary N) is 2. The molecule has 0 amide bonds. The fraction of sp³-hybridized carbons (Fsp3) is 0.0500. The first-order chi connectivity index (χ1) is 13.6. The third kappa shape index (κ3) is 3.15. The third-order valence-electron chi connectivity index (χ3n) is 4.15. The Labute approximate surface area is 162 Å². The number of fused-ring (bicyclic) bond motifs is 3. The summed E-state index contributed by atoms with van der Waals surface area (Å²) >= 11 is 0.965. The highest BCUT2D eigenvalue weighted by Gasteiger charge is 2.15. The zero-order valence-electron chi connectivity index (χ0n) is 14.7. The van der Waals surface area contributed by atoms with Crippen molar-refractivity contribution in [2.75, 3.05) is 5.43 Å². The zero-order chi connectivity index (χ0) is 19.7. The number of benzene rings is 2. The third-order valence-corrected chi connectivity index (χ3v) is 5.22. The normalized spacial score (nSPS) is 11.5. The van der Waals surface area contributed by atoms with Crippen LogP contribution < -0.4 is 16.5 Å². The molecule has 28 heavy (non-hydrogen) atoms. The lowest BCUT2D eigenvalue weighted by Crippen LogP contribution is -2.17. The van der Waals surface area contributed by atoms with Gasteiger partial charge in [0.1, 0.15) is 10.8 Å². The Morgan fingerprint density at radius 2 is 1.93 bits per heavy atom. The Hall–Kier alpha value is -3.83. The quantitative estimate of drug-likeness (QED) is 0.319. The molecule has 0 spiro atoms. The second kappa shape index (κ2) is 7.06. The minimum atomic E-state index is -0.565. The molecule has 0 radical (unpaired) electrons. The molecule has 2 aromatic heterocycles. The number of aryl methyl sites for hydroxylation is 1. The molecule has 4 aromatic rings. The summed E-state index contributed by atoms with van der Waals surface area (Å²) in [7, 11) is 0. The van der Waals surface area contributed by atoms with Crippen LogP contribution in [0.4, 0.5) is 5.69 Å². The summed E-state index contributed by atoms with van der Waals surface area (Å²) in [5.41, 5.74) is 4.09. The van der Waals surface area contributed by atoms with Crippen LogP contribution >= 0.6 is 11.3 Å². The largest absolute Gasteiger partial charge is 0.321 e. The highest BCUT2D eigenvalue weighted by molar-refractivity contribution is 7.20. The lowest BCUT2D eigenvalue weighted by atomic mass is 10.1. The van der Waals surface area contributed by atoms with Gasteiger partial charge >= 0.3 is 0 Å². The number of nitriles is 1. The number of hydrogen-bond acceptors (Lipinski definition) is 7. The number of hydrazone groups is 1. The Bertz CT molecular complexity index is 1400. The van der Waals surface area contributed by atoms with Crippen LogP contribution in [-0.2, 0) is 0 Å². The first kappa shape index (κ1) is 17.6. The number of hydrogen-bond donors (Lipinski definition) is 2. The highest BCUT2D eigenvalue weighted by Crippen LogP contribution is 2.21. The minimum Gasteiger partial charge on any atom is -0.321 e. The molecule has 2 heterocycles. The number of aromatic amines is 1. The van der Waals surface area contributed by atoms with Crippen LogP contribution in [0, 0.1) is 18.3 Å². The number of para-hydroxylation sites is 1. The lowest BCUT2D eigenvalue weighted by molar-refractivity contribution is 1.26. The predicted octanol–water partition coefficient (Wildman–Crippen LogP) is 3.15. The summed E-state index contributed by atoms with van der Waals surface area (Å²) < 4.78 is 0.215. The Balaban J connectivity index is 1.85. The van der Waals surface area contributed by atoms with Gasteiger partial charge in [-0.3, -0.25) is 15.0 Å². The number of pyridine rings is 1. The molecule has 0 saturated carbocycles. The highest BCUT2D eigenvalue weighted by atomic mass is 32.1. The lowest BCUT2D eigenvalue weighted by Gasteiger charge is -2.04. The number of H-pyrrole nitrogens is 1. The van der Waals surface area contributed by atoms with Crippen LogP contribution in [0.15, 0.2) is 63.2 Å². The molecule has 2 aromatic carbocycles. The van der Waals surface area contributed by atoms with E-state index in [1.807, 2.05) is 37.3 Å². The summed E-state index contributed by atoms with van der Waals surface area (Å²) in [5.74, 6) is 0. The van der Waals surface area contributed by atoms with Gasteiger partial charge in [-0.05, 0) is 25.1 Å². The van der Waals surface area contributed by atoms with Gasteiger partial charge < -0.3 is 4.98 Å². The number of rotatable bonds is 3. The molecular weight excluding hydrogens is 374 g/mol. The van der Waals surface area contributed by atoms with Crippen molar-refractivity contribution in [1.29, 1.82) is 5.26 Å². The fourth-order valence-electron chi connectivity index (χ4n) is 2.77. The first-order valence-corrected chi connectivity index (χ1v) is 9.15. The fourth-order valence-corrected chi connectivity index (χ4v) is 3.73. The number of anilines is 1. The standard InChI is InChI=1S/C20H13N5O2S/c1-11-6-8-12(9-7-11)24-25-15(10-21)20-23-18(26)16-13-4-2-3-5-14(13)22-19(27)17(16)28-20/h2-9,24H,1H3,(H,22,27)/b25-15+. The Morgan fingerprint density at radius 1 is 1.18 bits per heavy atom. The van der Waals surface area contributed by atoms with Crippen molar-refractivity contribution in [3.8, 4) is 6.07 Å². The molecule has 0 fully saturated rings. The molecule has 2 N–H and O–H groups in total. The molecule has 8 heteroatoms. The number of nitrogens with zero attached hydrogens (tertiary/aromatic N) is 3. The van der Waals surface area contributed by atoms with Crippen molar-refractivity contribution >= 4 is 43.7 Å². The SMILES string of the molecule is Cc1ccc(N/N=C(\C#N)c2nc(=O)c3c(s2)c(=O)[nH]c2ccccc23)cc1. The molecule has 7 nitrogen and oxygen atoms in total. The van der Waals surface area contributed by atoms with Gasteiger partial charge in [0, 0.05) is 10.9 Å². The van der Waals surface area contributed by atoms with E-state index in [4.69, 9.17) is 0 Å². The molecule has 136 valence electrons. The smallest absolute Gasteiger partial charge is 0.280 e. The Morgan fingerprint density at radius 3 is 2.68 bits per heavy atom. The molecule has 0 bridgehead atoms. The maximum absolute atomic E-state index is 12.7. The second-order valence-electron chi connectivity index (χ2n) is 6.08. The second-order valence-corrected chi connectivity index (χ2v) is 7.08. The van der Waals surface area contributed by atoms with Gasteiger partial charge in [0.15, 0.2) is 10.7 Å². The van der Waals surface area contributed by atoms with Gasteiger partial charge in [-0.25, -0.2) is 0 Å². The molecule has 0 saturated heterocycles. The molecule has 4 rings (SSSR count). The van der Waals surface area contributed by atoms with E-state index in [1.165, 1.54) is 0 Å². The maximum Gasteiger partial charge on any atom is 0.280 e. The monoisotopic (exact) mass is 387 g/mol. The van der Waals surface area contributed by atoms with Crippen LogP contribution in [0.25, 0.3) is 21.0 Å². The van der Waals surface area contributed by atoms with Crippen molar-refractivity contribution in [1.82, 2.24) is 9.97 Å². The Kier molecular flexibility index (Phi) is 4.43.